The Bertz CT molecular complexity index is 1400. The molecule has 18 nitrogen and oxygen atoms in total. The number of nitrogens with zero attached hydrogens (tertiary/aromatic N) is 1. The molecule has 1 aliphatic heterocycles. The number of rotatable bonds is 12. The van der Waals surface area contributed by atoms with Crippen molar-refractivity contribution in [2.75, 3.05) is 25.1 Å². The Labute approximate surface area is 320 Å². The predicted octanol–water partition coefficient (Wildman–Crippen LogP) is 0.0233. The number of aliphatic carboxylic acids is 1. The van der Waals surface area contributed by atoms with Gasteiger partial charge in [0.15, 0.2) is 5.96 Å². The maximum atomic E-state index is 13.8. The molecule has 0 bridgehead atoms. The standard InChI is InChI=1S/C35H58N10O8S/c1-22-30(49)31(50)24(15-18-54-2)43-32(51)25(11-10-17-40-35(36)37)44-33(52)26(13-14-29(47)48)45-34(53)27(19-23-20-38-21-41-23)42-28(46)12-8-6-4-3-5-7-9-16-39-22/h20-22,24-27,39H,3-19H2,1-2H3,(H,38,41)(H,42,46)(H,43,51)(H,44,52)(H,45,53)(H,47,48)(H4,36,37,40)/t22?,24?,25-,26?,27-/m0/s1. The molecule has 1 aromatic rings. The lowest BCUT2D eigenvalue weighted by Gasteiger charge is -2.26. The van der Waals surface area contributed by atoms with Crippen molar-refractivity contribution in [3.63, 3.8) is 0 Å². The molecule has 302 valence electrons. The zero-order valence-electron chi connectivity index (χ0n) is 31.3. The van der Waals surface area contributed by atoms with Crippen LogP contribution in [0.3, 0.4) is 0 Å². The number of H-pyrrole nitrogens is 1. The van der Waals surface area contributed by atoms with Crippen LogP contribution in [0, 0.1) is 5.41 Å². The van der Waals surface area contributed by atoms with Crippen LogP contribution in [-0.4, -0.2) is 118 Å². The van der Waals surface area contributed by atoms with Gasteiger partial charge in [0.2, 0.25) is 35.2 Å². The van der Waals surface area contributed by atoms with E-state index >= 15 is 0 Å². The maximum Gasteiger partial charge on any atom is 0.303 e. The monoisotopic (exact) mass is 778 g/mol. The van der Waals surface area contributed by atoms with Gasteiger partial charge in [-0.15, -0.1) is 0 Å². The minimum atomic E-state index is -1.43. The largest absolute Gasteiger partial charge is 0.481 e. The maximum absolute atomic E-state index is 13.8. The average molecular weight is 779 g/mol. The first-order valence-electron chi connectivity index (χ1n) is 18.6. The molecule has 2 heterocycles. The number of carbonyl (C=O) groups excluding carboxylic acids is 6. The lowest BCUT2D eigenvalue weighted by Crippen LogP contribution is -2.58. The van der Waals surface area contributed by atoms with Crippen LogP contribution in [0.5, 0.6) is 0 Å². The van der Waals surface area contributed by atoms with Crippen molar-refractivity contribution < 1.29 is 38.7 Å². The van der Waals surface area contributed by atoms with Gasteiger partial charge in [0.25, 0.3) is 0 Å². The first-order chi connectivity index (χ1) is 25.8. The molecule has 0 aliphatic carbocycles. The molecule has 3 unspecified atom stereocenters. The number of guanidine groups is 1. The van der Waals surface area contributed by atoms with E-state index in [9.17, 15) is 38.7 Å². The molecule has 54 heavy (non-hydrogen) atoms. The number of amides is 4. The van der Waals surface area contributed by atoms with E-state index in [4.69, 9.17) is 11.1 Å². The van der Waals surface area contributed by atoms with Gasteiger partial charge in [-0.25, -0.2) is 4.98 Å². The van der Waals surface area contributed by atoms with E-state index in [2.05, 4.69) is 41.9 Å². The number of carboxylic acids is 1. The van der Waals surface area contributed by atoms with Crippen LogP contribution in [0.2, 0.25) is 0 Å². The molecule has 4 amide bonds. The van der Waals surface area contributed by atoms with Crippen molar-refractivity contribution >= 4 is 58.9 Å². The summed E-state index contributed by atoms with van der Waals surface area (Å²) < 4.78 is 0. The summed E-state index contributed by atoms with van der Waals surface area (Å²) >= 11 is 1.43. The summed E-state index contributed by atoms with van der Waals surface area (Å²) in [5.74, 6) is -5.28. The van der Waals surface area contributed by atoms with Crippen molar-refractivity contribution in [3.05, 3.63) is 18.2 Å². The Balaban J connectivity index is 2.43. The quantitative estimate of drug-likeness (QED) is 0.0581. The number of hydrogen-bond donors (Lipinski definition) is 10. The first kappa shape index (κ1) is 45.6. The number of ketones is 2. The number of nitrogens with one attached hydrogen (secondary N) is 8. The topological polar surface area (TPSA) is 290 Å². The molecule has 19 heteroatoms. The van der Waals surface area contributed by atoms with E-state index in [-0.39, 0.29) is 56.9 Å². The van der Waals surface area contributed by atoms with Gasteiger partial charge in [0.05, 0.1) is 18.4 Å². The molecule has 0 spiro atoms. The third kappa shape index (κ3) is 18.0. The van der Waals surface area contributed by atoms with E-state index in [0.29, 0.717) is 24.4 Å². The Morgan fingerprint density at radius 3 is 2.09 bits per heavy atom. The van der Waals surface area contributed by atoms with Gasteiger partial charge in [-0.3, -0.25) is 39.0 Å². The smallest absolute Gasteiger partial charge is 0.303 e. The minimum Gasteiger partial charge on any atom is -0.481 e. The molecule has 0 radical (unpaired) electrons. The van der Waals surface area contributed by atoms with Gasteiger partial charge < -0.3 is 47.7 Å². The molecule has 0 aromatic carbocycles. The average Bonchev–Trinajstić information content (AvgIpc) is 3.65. The molecular weight excluding hydrogens is 721 g/mol. The normalized spacial score (nSPS) is 23.9. The zero-order chi connectivity index (χ0) is 39.9. The number of hydrogen-bond acceptors (Lipinski definition) is 11. The summed E-state index contributed by atoms with van der Waals surface area (Å²) in [7, 11) is 0. The molecule has 1 aliphatic rings. The van der Waals surface area contributed by atoms with Crippen LogP contribution in [0.1, 0.15) is 96.1 Å². The fraction of sp³-hybridized carbons (Fsp3) is 0.686. The van der Waals surface area contributed by atoms with Crippen LogP contribution >= 0.6 is 11.8 Å². The number of thioether (sulfide) groups is 1. The molecule has 1 fully saturated rings. The second kappa shape index (κ2) is 25.5. The third-order valence-electron chi connectivity index (χ3n) is 8.94. The van der Waals surface area contributed by atoms with Crippen LogP contribution in [0.15, 0.2) is 12.5 Å². The van der Waals surface area contributed by atoms with Crippen LogP contribution < -0.4 is 37.6 Å². The number of Topliss-reactive ketones (excluding diaryl/α,β-unsaturated/α-hetero) is 2. The van der Waals surface area contributed by atoms with Gasteiger partial charge in [0.1, 0.15) is 18.1 Å². The first-order valence-corrected chi connectivity index (χ1v) is 20.0. The van der Waals surface area contributed by atoms with E-state index in [1.165, 1.54) is 24.3 Å². The third-order valence-corrected chi connectivity index (χ3v) is 9.58. The van der Waals surface area contributed by atoms with Gasteiger partial charge >= 0.3 is 5.97 Å². The Morgan fingerprint density at radius 2 is 1.48 bits per heavy atom. The summed E-state index contributed by atoms with van der Waals surface area (Å²) in [5.41, 5.74) is 5.93. The lowest BCUT2D eigenvalue weighted by atomic mass is 10.0. The van der Waals surface area contributed by atoms with E-state index in [1.54, 1.807) is 6.92 Å². The number of aromatic amines is 1. The summed E-state index contributed by atoms with van der Waals surface area (Å²) in [4.78, 5) is 99.4. The van der Waals surface area contributed by atoms with Crippen LogP contribution in [-0.2, 0) is 40.0 Å². The van der Waals surface area contributed by atoms with Crippen molar-refractivity contribution in [3.8, 4) is 0 Å². The number of carboxylic acid groups (broad SMARTS) is 1. The van der Waals surface area contributed by atoms with Crippen LogP contribution in [0.4, 0.5) is 0 Å². The van der Waals surface area contributed by atoms with Crippen LogP contribution in [0.25, 0.3) is 0 Å². The second-order valence-corrected chi connectivity index (χ2v) is 14.4. The van der Waals surface area contributed by atoms with Gasteiger partial charge in [-0.05, 0) is 64.0 Å². The lowest BCUT2D eigenvalue weighted by molar-refractivity contribution is -0.140. The van der Waals surface area contributed by atoms with Gasteiger partial charge in [0, 0.05) is 37.7 Å². The number of imidazole rings is 1. The Morgan fingerprint density at radius 1 is 0.870 bits per heavy atom. The molecule has 11 N–H and O–H groups in total. The summed E-state index contributed by atoms with van der Waals surface area (Å²) in [6.45, 7) is 2.30. The highest BCUT2D eigenvalue weighted by atomic mass is 32.2. The summed E-state index contributed by atoms with van der Waals surface area (Å²) in [6, 6.07) is -5.82. The van der Waals surface area contributed by atoms with E-state index in [1.807, 2.05) is 6.26 Å². The number of carbonyl (C=O) groups is 7. The van der Waals surface area contributed by atoms with Crippen molar-refractivity contribution in [2.24, 2.45) is 5.73 Å². The highest BCUT2D eigenvalue weighted by Crippen LogP contribution is 2.11. The van der Waals surface area contributed by atoms with Gasteiger partial charge in [-0.1, -0.05) is 32.1 Å². The van der Waals surface area contributed by atoms with E-state index in [0.717, 1.165) is 38.5 Å². The molecule has 1 aromatic heterocycles. The van der Waals surface area contributed by atoms with E-state index < -0.39 is 71.9 Å². The molecule has 2 rings (SSSR count). The molecule has 5 atom stereocenters. The van der Waals surface area contributed by atoms with Crippen molar-refractivity contribution in [1.29, 1.82) is 5.41 Å². The molecular formula is C35H58N10O8S. The number of nitrogens with two attached hydrogens (primary N) is 1. The molecule has 0 saturated carbocycles. The highest BCUT2D eigenvalue weighted by Gasteiger charge is 2.34. The summed E-state index contributed by atoms with van der Waals surface area (Å²) in [6.07, 6.45) is 10.4. The fourth-order valence-corrected chi connectivity index (χ4v) is 6.31. The predicted molar refractivity (Wildman–Crippen MR) is 203 cm³/mol. The van der Waals surface area contributed by atoms with Gasteiger partial charge in [-0.2, -0.15) is 11.8 Å². The fourth-order valence-electron chi connectivity index (χ4n) is 5.84. The second-order valence-electron chi connectivity index (χ2n) is 13.4. The Hall–Kier alpha value is -4.52. The van der Waals surface area contributed by atoms with Crippen molar-refractivity contribution in [1.82, 2.24) is 41.9 Å². The number of aromatic nitrogens is 2. The Kier molecular flexibility index (Phi) is 21.5. The summed E-state index contributed by atoms with van der Waals surface area (Å²) in [5, 5.41) is 33.1. The highest BCUT2D eigenvalue weighted by molar-refractivity contribution is 7.98. The SMILES string of the molecule is CSCCC1NC(=O)[C@H](CCCNC(=N)N)NC(=O)C(CCC(=O)O)NC(=O)[C@H](Cc2cnc[nH]2)NC(=O)CCCCCCCCCNC(C)C(=O)C1=O. The minimum absolute atomic E-state index is 0.00863. The zero-order valence-corrected chi connectivity index (χ0v) is 32.1. The van der Waals surface area contributed by atoms with Crippen molar-refractivity contribution in [2.45, 2.75) is 127 Å². The molecule has 1 saturated heterocycles.